The molecule has 1 atom stereocenters. The van der Waals surface area contributed by atoms with Crippen molar-refractivity contribution in [1.29, 1.82) is 0 Å². The van der Waals surface area contributed by atoms with E-state index in [4.69, 9.17) is 18.0 Å². The maximum absolute atomic E-state index is 11.9. The molecule has 0 aromatic rings. The first-order valence-corrected chi connectivity index (χ1v) is 7.14. The van der Waals surface area contributed by atoms with Crippen LogP contribution in [-0.2, 0) is 4.79 Å². The number of hydrogen-bond donors (Lipinski definition) is 1. The molecule has 1 fully saturated rings. The summed E-state index contributed by atoms with van der Waals surface area (Å²) in [7, 11) is 1.82. The van der Waals surface area contributed by atoms with Crippen LogP contribution in [0.25, 0.3) is 0 Å². The summed E-state index contributed by atoms with van der Waals surface area (Å²) < 4.78 is 0. The van der Waals surface area contributed by atoms with Gasteiger partial charge in [-0.2, -0.15) is 0 Å². The Balaban J connectivity index is 2.21. The highest BCUT2D eigenvalue weighted by molar-refractivity contribution is 7.80. The molecule has 1 unspecified atom stereocenters. The highest BCUT2D eigenvalue weighted by Crippen LogP contribution is 2.15. The van der Waals surface area contributed by atoms with Gasteiger partial charge in [-0.25, -0.2) is 0 Å². The summed E-state index contributed by atoms with van der Waals surface area (Å²) in [5.74, 6) is 0.950. The molecule has 0 aliphatic carbocycles. The fourth-order valence-electron chi connectivity index (χ4n) is 2.34. The van der Waals surface area contributed by atoms with Gasteiger partial charge in [-0.05, 0) is 25.3 Å². The van der Waals surface area contributed by atoms with Crippen molar-refractivity contribution >= 4 is 23.1 Å². The molecule has 1 rings (SSSR count). The van der Waals surface area contributed by atoms with Crippen LogP contribution in [0.15, 0.2) is 0 Å². The number of hydrogen-bond acceptors (Lipinski definition) is 3. The van der Waals surface area contributed by atoms with Crippen molar-refractivity contribution in [3.8, 4) is 0 Å². The smallest absolute Gasteiger partial charge is 0.223 e. The molecule has 1 aliphatic rings. The lowest BCUT2D eigenvalue weighted by molar-refractivity contribution is -0.130. The summed E-state index contributed by atoms with van der Waals surface area (Å²) >= 11 is 4.81. The largest absolute Gasteiger partial charge is 0.393 e. The molecule has 2 N–H and O–H groups in total. The van der Waals surface area contributed by atoms with Crippen LogP contribution < -0.4 is 5.73 Å². The quantitative estimate of drug-likeness (QED) is 0.739. The van der Waals surface area contributed by atoms with Gasteiger partial charge in [0.05, 0.1) is 4.99 Å². The van der Waals surface area contributed by atoms with Crippen molar-refractivity contribution in [3.63, 3.8) is 0 Å². The molecular weight excluding hydrogens is 246 g/mol. The molecule has 1 heterocycles. The van der Waals surface area contributed by atoms with Gasteiger partial charge in [-0.15, -0.1) is 0 Å². The van der Waals surface area contributed by atoms with E-state index in [1.165, 1.54) is 12.8 Å². The predicted molar refractivity (Wildman–Crippen MR) is 78.5 cm³/mol. The molecule has 0 saturated carbocycles. The number of nitrogens with zero attached hydrogens (tertiary/aromatic N) is 2. The Morgan fingerprint density at radius 3 is 2.83 bits per heavy atom. The van der Waals surface area contributed by atoms with Crippen LogP contribution in [0.2, 0.25) is 0 Å². The fraction of sp³-hybridized carbons (Fsp3) is 0.846. The Morgan fingerprint density at radius 2 is 2.22 bits per heavy atom. The van der Waals surface area contributed by atoms with Crippen molar-refractivity contribution < 1.29 is 4.79 Å². The third-order valence-electron chi connectivity index (χ3n) is 3.50. The van der Waals surface area contributed by atoms with Gasteiger partial charge in [-0.1, -0.05) is 19.1 Å². The third kappa shape index (κ3) is 5.78. The zero-order chi connectivity index (χ0) is 13.5. The lowest BCUT2D eigenvalue weighted by Gasteiger charge is -2.31. The van der Waals surface area contributed by atoms with Gasteiger partial charge in [0.2, 0.25) is 5.91 Å². The van der Waals surface area contributed by atoms with Crippen LogP contribution in [0, 0.1) is 5.92 Å². The summed E-state index contributed by atoms with van der Waals surface area (Å²) in [6, 6.07) is 0. The Labute approximate surface area is 115 Å². The number of rotatable bonds is 6. The van der Waals surface area contributed by atoms with Crippen LogP contribution in [0.3, 0.4) is 0 Å². The minimum Gasteiger partial charge on any atom is -0.393 e. The molecule has 0 aromatic carbocycles. The second-order valence-corrected chi connectivity index (χ2v) is 5.85. The maximum atomic E-state index is 11.9. The number of carbonyl (C=O) groups is 1. The van der Waals surface area contributed by atoms with Crippen LogP contribution in [0.4, 0.5) is 0 Å². The van der Waals surface area contributed by atoms with E-state index in [-0.39, 0.29) is 5.91 Å². The van der Waals surface area contributed by atoms with E-state index in [1.807, 2.05) is 7.05 Å². The van der Waals surface area contributed by atoms with Gasteiger partial charge in [-0.3, -0.25) is 4.79 Å². The topological polar surface area (TPSA) is 49.6 Å². The van der Waals surface area contributed by atoms with E-state index in [9.17, 15) is 4.79 Å². The van der Waals surface area contributed by atoms with Gasteiger partial charge in [0.25, 0.3) is 0 Å². The van der Waals surface area contributed by atoms with Crippen molar-refractivity contribution in [2.45, 2.75) is 32.6 Å². The summed E-state index contributed by atoms with van der Waals surface area (Å²) in [4.78, 5) is 16.5. The van der Waals surface area contributed by atoms with Crippen LogP contribution in [-0.4, -0.2) is 53.9 Å². The van der Waals surface area contributed by atoms with Crippen molar-refractivity contribution in [2.75, 3.05) is 33.2 Å². The number of amides is 1. The number of carbonyl (C=O) groups excluding carboxylic acids is 1. The van der Waals surface area contributed by atoms with Gasteiger partial charge < -0.3 is 15.5 Å². The normalized spacial score (nSPS) is 20.7. The average Bonchev–Trinajstić information content (AvgIpc) is 2.33. The highest BCUT2D eigenvalue weighted by Gasteiger charge is 2.17. The van der Waals surface area contributed by atoms with E-state index < -0.39 is 0 Å². The molecule has 1 aliphatic heterocycles. The van der Waals surface area contributed by atoms with Gasteiger partial charge >= 0.3 is 0 Å². The molecule has 104 valence electrons. The SMILES string of the molecule is CC1CCCN(CCC(=O)N(C)CCC(N)=S)C1. The first-order chi connectivity index (χ1) is 8.49. The van der Waals surface area contributed by atoms with Crippen molar-refractivity contribution in [1.82, 2.24) is 9.80 Å². The molecule has 4 nitrogen and oxygen atoms in total. The van der Waals surface area contributed by atoms with E-state index in [0.29, 0.717) is 24.4 Å². The van der Waals surface area contributed by atoms with E-state index in [1.54, 1.807) is 4.90 Å². The van der Waals surface area contributed by atoms with Gasteiger partial charge in [0.15, 0.2) is 0 Å². The number of likely N-dealkylation sites (tertiary alicyclic amines) is 1. The molecule has 1 amide bonds. The fourth-order valence-corrected chi connectivity index (χ4v) is 2.43. The summed E-state index contributed by atoms with van der Waals surface area (Å²) in [5, 5.41) is 0. The average molecular weight is 271 g/mol. The Kier molecular flexibility index (Phi) is 6.57. The summed E-state index contributed by atoms with van der Waals surface area (Å²) in [6.45, 7) is 6.05. The summed E-state index contributed by atoms with van der Waals surface area (Å²) in [6.07, 6.45) is 3.78. The molecule has 18 heavy (non-hydrogen) atoms. The lowest BCUT2D eigenvalue weighted by Crippen LogP contribution is -2.38. The monoisotopic (exact) mass is 271 g/mol. The van der Waals surface area contributed by atoms with Gasteiger partial charge in [0, 0.05) is 39.5 Å². The van der Waals surface area contributed by atoms with E-state index in [2.05, 4.69) is 11.8 Å². The van der Waals surface area contributed by atoms with E-state index in [0.717, 1.165) is 25.6 Å². The molecule has 0 spiro atoms. The first-order valence-electron chi connectivity index (χ1n) is 6.73. The molecule has 1 saturated heterocycles. The molecule has 0 radical (unpaired) electrons. The number of nitrogens with two attached hydrogens (primary N) is 1. The van der Waals surface area contributed by atoms with Crippen LogP contribution >= 0.6 is 12.2 Å². The molecule has 0 bridgehead atoms. The third-order valence-corrected chi connectivity index (χ3v) is 3.71. The molecular formula is C13H25N3OS. The Bertz CT molecular complexity index is 296. The van der Waals surface area contributed by atoms with Crippen molar-refractivity contribution in [3.05, 3.63) is 0 Å². The summed E-state index contributed by atoms with van der Waals surface area (Å²) in [5.41, 5.74) is 5.43. The Morgan fingerprint density at radius 1 is 1.50 bits per heavy atom. The zero-order valence-electron chi connectivity index (χ0n) is 11.5. The van der Waals surface area contributed by atoms with Gasteiger partial charge in [0.1, 0.15) is 0 Å². The maximum Gasteiger partial charge on any atom is 0.223 e. The number of piperidine rings is 1. The first kappa shape index (κ1) is 15.4. The molecule has 5 heteroatoms. The van der Waals surface area contributed by atoms with E-state index >= 15 is 0 Å². The highest BCUT2D eigenvalue weighted by atomic mass is 32.1. The van der Waals surface area contributed by atoms with Crippen LogP contribution in [0.5, 0.6) is 0 Å². The Hall–Kier alpha value is -0.680. The standard InChI is InChI=1S/C13H25N3OS/c1-11-4-3-7-16(10-11)9-6-13(17)15(2)8-5-12(14)18/h11H,3-10H2,1-2H3,(H2,14,18). The number of thiocarbonyl (C=S) groups is 1. The second kappa shape index (κ2) is 7.69. The molecule has 0 aromatic heterocycles. The second-order valence-electron chi connectivity index (χ2n) is 5.33. The zero-order valence-corrected chi connectivity index (χ0v) is 12.3. The van der Waals surface area contributed by atoms with Crippen molar-refractivity contribution in [2.24, 2.45) is 11.7 Å². The minimum atomic E-state index is 0.185. The predicted octanol–water partition coefficient (Wildman–Crippen LogP) is 1.24. The lowest BCUT2D eigenvalue weighted by atomic mass is 10.0. The van der Waals surface area contributed by atoms with Crippen LogP contribution in [0.1, 0.15) is 32.6 Å². The minimum absolute atomic E-state index is 0.185.